The van der Waals surface area contributed by atoms with Crippen molar-refractivity contribution in [1.82, 2.24) is 4.90 Å². The zero-order chi connectivity index (χ0) is 10.4. The van der Waals surface area contributed by atoms with Gasteiger partial charge < -0.3 is 4.90 Å². The van der Waals surface area contributed by atoms with Crippen LogP contribution in [0, 0.1) is 5.92 Å². The molecule has 0 aliphatic rings. The predicted molar refractivity (Wildman–Crippen MR) is 52.4 cm³/mol. The fourth-order valence-electron chi connectivity index (χ4n) is 1.05. The lowest BCUT2D eigenvalue weighted by Crippen LogP contribution is -2.31. The number of ketones is 1. The Labute approximate surface area is 80.1 Å². The van der Waals surface area contributed by atoms with Gasteiger partial charge in [0, 0.05) is 13.6 Å². The lowest BCUT2D eigenvalue weighted by atomic mass is 10.1. The van der Waals surface area contributed by atoms with Gasteiger partial charge in [-0.2, -0.15) is 0 Å². The van der Waals surface area contributed by atoms with Gasteiger partial charge in [-0.25, -0.2) is 0 Å². The first kappa shape index (κ1) is 12.1. The van der Waals surface area contributed by atoms with E-state index in [4.69, 9.17) is 0 Å². The molecule has 1 amide bonds. The monoisotopic (exact) mass is 185 g/mol. The predicted octanol–water partition coefficient (Wildman–Crippen LogP) is 1.47. The molecule has 1 atom stereocenters. The normalized spacial score (nSPS) is 12.3. The second kappa shape index (κ2) is 5.73. The van der Waals surface area contributed by atoms with E-state index in [2.05, 4.69) is 13.8 Å². The van der Waals surface area contributed by atoms with E-state index in [0.29, 0.717) is 5.92 Å². The Bertz CT molecular complexity index is 189. The van der Waals surface area contributed by atoms with Gasteiger partial charge in [0.25, 0.3) is 0 Å². The van der Waals surface area contributed by atoms with Crippen molar-refractivity contribution >= 4 is 11.7 Å². The van der Waals surface area contributed by atoms with E-state index in [1.54, 1.807) is 11.9 Å². The molecule has 0 saturated carbocycles. The van der Waals surface area contributed by atoms with E-state index in [1.165, 1.54) is 6.92 Å². The molecular formula is C10H19NO2. The number of nitrogens with zero attached hydrogens (tertiary/aromatic N) is 1. The lowest BCUT2D eigenvalue weighted by molar-refractivity contribution is -0.134. The van der Waals surface area contributed by atoms with Gasteiger partial charge in [-0.15, -0.1) is 0 Å². The van der Waals surface area contributed by atoms with Crippen LogP contribution in [0.15, 0.2) is 0 Å². The maximum Gasteiger partial charge on any atom is 0.229 e. The molecule has 0 bridgehead atoms. The van der Waals surface area contributed by atoms with Crippen LogP contribution < -0.4 is 0 Å². The highest BCUT2D eigenvalue weighted by Crippen LogP contribution is 2.03. The minimum absolute atomic E-state index is 0.0347. The highest BCUT2D eigenvalue weighted by molar-refractivity contribution is 5.96. The van der Waals surface area contributed by atoms with Gasteiger partial charge in [0.1, 0.15) is 5.78 Å². The van der Waals surface area contributed by atoms with Gasteiger partial charge in [0.15, 0.2) is 0 Å². The molecule has 13 heavy (non-hydrogen) atoms. The van der Waals surface area contributed by atoms with E-state index in [0.717, 1.165) is 13.0 Å². The Morgan fingerprint density at radius 1 is 1.38 bits per heavy atom. The van der Waals surface area contributed by atoms with Crippen LogP contribution >= 0.6 is 0 Å². The molecule has 0 fully saturated rings. The molecule has 76 valence electrons. The maximum atomic E-state index is 11.3. The Kier molecular flexibility index (Phi) is 5.35. The van der Waals surface area contributed by atoms with Crippen LogP contribution in [-0.4, -0.2) is 30.2 Å². The van der Waals surface area contributed by atoms with E-state index in [1.807, 2.05) is 0 Å². The largest absolute Gasteiger partial charge is 0.345 e. The minimum Gasteiger partial charge on any atom is -0.345 e. The zero-order valence-corrected chi connectivity index (χ0v) is 8.96. The SMILES string of the molecule is CCC(C)CN(C)C(=O)CC(C)=O. The summed E-state index contributed by atoms with van der Waals surface area (Å²) in [6.07, 6.45) is 1.09. The fraction of sp³-hybridized carbons (Fsp3) is 0.800. The third-order valence-electron chi connectivity index (χ3n) is 2.11. The van der Waals surface area contributed by atoms with Gasteiger partial charge in [-0.05, 0) is 12.8 Å². The molecule has 0 aliphatic heterocycles. The summed E-state index contributed by atoms with van der Waals surface area (Å²) in [4.78, 5) is 23.6. The Morgan fingerprint density at radius 2 is 1.92 bits per heavy atom. The molecule has 0 aliphatic carbocycles. The number of carbonyl (C=O) groups is 2. The molecule has 0 N–H and O–H groups in total. The van der Waals surface area contributed by atoms with Gasteiger partial charge in [-0.3, -0.25) is 9.59 Å². The Hall–Kier alpha value is -0.860. The average molecular weight is 185 g/mol. The van der Waals surface area contributed by atoms with E-state index >= 15 is 0 Å². The summed E-state index contributed by atoms with van der Waals surface area (Å²) in [5, 5.41) is 0. The minimum atomic E-state index is -0.0761. The molecule has 0 aromatic rings. The fourth-order valence-corrected chi connectivity index (χ4v) is 1.05. The highest BCUT2D eigenvalue weighted by Gasteiger charge is 2.12. The third-order valence-corrected chi connectivity index (χ3v) is 2.11. The number of amides is 1. The van der Waals surface area contributed by atoms with Crippen LogP contribution in [0.4, 0.5) is 0 Å². The van der Waals surface area contributed by atoms with Crippen molar-refractivity contribution in [2.24, 2.45) is 5.92 Å². The van der Waals surface area contributed by atoms with Crippen molar-refractivity contribution in [1.29, 1.82) is 0 Å². The first-order valence-corrected chi connectivity index (χ1v) is 4.70. The van der Waals surface area contributed by atoms with Crippen LogP contribution in [0.1, 0.15) is 33.6 Å². The van der Waals surface area contributed by atoms with Crippen molar-refractivity contribution in [3.63, 3.8) is 0 Å². The standard InChI is InChI=1S/C10H19NO2/c1-5-8(2)7-11(4)10(13)6-9(3)12/h8H,5-7H2,1-4H3. The molecule has 0 radical (unpaired) electrons. The van der Waals surface area contributed by atoms with Crippen molar-refractivity contribution in [3.05, 3.63) is 0 Å². The zero-order valence-electron chi connectivity index (χ0n) is 8.96. The average Bonchev–Trinajstić information content (AvgIpc) is 2.02. The van der Waals surface area contributed by atoms with Crippen molar-refractivity contribution < 1.29 is 9.59 Å². The molecule has 3 heteroatoms. The summed E-state index contributed by atoms with van der Waals surface area (Å²) < 4.78 is 0. The number of carbonyl (C=O) groups excluding carboxylic acids is 2. The van der Waals surface area contributed by atoms with E-state index in [9.17, 15) is 9.59 Å². The lowest BCUT2D eigenvalue weighted by Gasteiger charge is -2.20. The van der Waals surface area contributed by atoms with Crippen molar-refractivity contribution in [2.45, 2.75) is 33.6 Å². The molecule has 0 spiro atoms. The summed E-state index contributed by atoms with van der Waals surface area (Å²) >= 11 is 0. The van der Waals surface area contributed by atoms with Crippen LogP contribution in [0.5, 0.6) is 0 Å². The van der Waals surface area contributed by atoms with E-state index in [-0.39, 0.29) is 18.1 Å². The van der Waals surface area contributed by atoms with Crippen molar-refractivity contribution in [3.8, 4) is 0 Å². The summed E-state index contributed by atoms with van der Waals surface area (Å²) in [6.45, 7) is 6.36. The van der Waals surface area contributed by atoms with E-state index < -0.39 is 0 Å². The quantitative estimate of drug-likeness (QED) is 0.608. The number of hydrogen-bond donors (Lipinski definition) is 0. The molecule has 0 rings (SSSR count). The molecule has 0 aromatic heterocycles. The number of Topliss-reactive ketones (excluding diaryl/α,β-unsaturated/α-hetero) is 1. The number of hydrogen-bond acceptors (Lipinski definition) is 2. The van der Waals surface area contributed by atoms with Gasteiger partial charge >= 0.3 is 0 Å². The maximum absolute atomic E-state index is 11.3. The van der Waals surface area contributed by atoms with Gasteiger partial charge in [0.2, 0.25) is 5.91 Å². The Morgan fingerprint density at radius 3 is 2.31 bits per heavy atom. The molecule has 0 aromatic carbocycles. The molecule has 3 nitrogen and oxygen atoms in total. The summed E-state index contributed by atoms with van der Waals surface area (Å²) in [5.74, 6) is 0.356. The summed E-state index contributed by atoms with van der Waals surface area (Å²) in [6, 6.07) is 0. The number of rotatable bonds is 5. The van der Waals surface area contributed by atoms with Crippen LogP contribution in [-0.2, 0) is 9.59 Å². The van der Waals surface area contributed by atoms with Crippen LogP contribution in [0.2, 0.25) is 0 Å². The smallest absolute Gasteiger partial charge is 0.229 e. The second-order valence-corrected chi connectivity index (χ2v) is 3.67. The van der Waals surface area contributed by atoms with Gasteiger partial charge in [-0.1, -0.05) is 20.3 Å². The molecule has 1 unspecified atom stereocenters. The topological polar surface area (TPSA) is 37.4 Å². The summed E-state index contributed by atoms with van der Waals surface area (Å²) in [7, 11) is 1.75. The first-order valence-electron chi connectivity index (χ1n) is 4.70. The van der Waals surface area contributed by atoms with Crippen LogP contribution in [0.25, 0.3) is 0 Å². The second-order valence-electron chi connectivity index (χ2n) is 3.67. The first-order chi connectivity index (χ1) is 5.97. The van der Waals surface area contributed by atoms with Crippen molar-refractivity contribution in [2.75, 3.05) is 13.6 Å². The van der Waals surface area contributed by atoms with Crippen LogP contribution in [0.3, 0.4) is 0 Å². The molecular weight excluding hydrogens is 166 g/mol. The summed E-state index contributed by atoms with van der Waals surface area (Å²) in [5.41, 5.74) is 0. The Balaban J connectivity index is 3.89. The molecule has 0 saturated heterocycles. The third kappa shape index (κ3) is 5.39. The highest BCUT2D eigenvalue weighted by atomic mass is 16.2. The molecule has 0 heterocycles. The van der Waals surface area contributed by atoms with Gasteiger partial charge in [0.05, 0.1) is 6.42 Å².